The zero-order valence-electron chi connectivity index (χ0n) is 62.1. The van der Waals surface area contributed by atoms with Crippen LogP contribution in [0.15, 0.2) is 221 Å². The van der Waals surface area contributed by atoms with Gasteiger partial charge in [0, 0.05) is 38.5 Å². The lowest BCUT2D eigenvalue weighted by Crippen LogP contribution is -2.45. The van der Waals surface area contributed by atoms with Crippen LogP contribution in [-0.2, 0) is 50.8 Å². The van der Waals surface area contributed by atoms with Gasteiger partial charge in [-0.2, -0.15) is 39.5 Å². The third-order valence-electron chi connectivity index (χ3n) is 18.3. The molecule has 3 atom stereocenters. The van der Waals surface area contributed by atoms with Gasteiger partial charge in [0.15, 0.2) is 0 Å². The number of aromatic nitrogens is 9. The van der Waals surface area contributed by atoms with Crippen molar-refractivity contribution in [3.05, 3.63) is 303 Å². The minimum atomic E-state index is -5.01. The zero-order chi connectivity index (χ0) is 84.3. The summed E-state index contributed by atoms with van der Waals surface area (Å²) in [5.41, 5.74) is -7.94. The summed E-state index contributed by atoms with van der Waals surface area (Å²) in [5, 5.41) is 57.6. The third-order valence-corrected chi connectivity index (χ3v) is 19.0. The van der Waals surface area contributed by atoms with Crippen molar-refractivity contribution in [2.75, 3.05) is 0 Å². The number of hydrogen-bond acceptors (Lipinski definition) is 24. The third kappa shape index (κ3) is 18.9. The first-order valence-electron chi connectivity index (χ1n) is 35.5. The molecule has 8 heterocycles. The first-order valence-corrected chi connectivity index (χ1v) is 36.5. The summed E-state index contributed by atoms with van der Waals surface area (Å²) in [6.07, 6.45) is -12.6. The molecule has 37 heteroatoms. The molecule has 6 aromatic heterocycles. The highest BCUT2D eigenvalue weighted by Crippen LogP contribution is 2.52. The number of hydrogen-bond donors (Lipinski definition) is 0. The summed E-state index contributed by atoms with van der Waals surface area (Å²) in [6.45, 7) is 10.9. The van der Waals surface area contributed by atoms with Gasteiger partial charge in [0.2, 0.25) is 51.5 Å². The number of allylic oxidation sites excluding steroid dienone is 3. The maximum Gasteiger partial charge on any atom is 0.426 e. The van der Waals surface area contributed by atoms with E-state index in [4.69, 9.17) is 41.7 Å². The lowest BCUT2D eigenvalue weighted by atomic mass is 9.91. The van der Waals surface area contributed by atoms with Crippen LogP contribution in [0.4, 0.5) is 56.6 Å². The average Bonchev–Trinajstić information content (AvgIpc) is 1.62. The van der Waals surface area contributed by atoms with E-state index in [1.165, 1.54) is 24.3 Å². The van der Waals surface area contributed by atoms with Crippen LogP contribution < -0.4 is 14.2 Å². The Bertz CT molecular complexity index is 5660. The molecule has 12 aromatic rings. The van der Waals surface area contributed by atoms with Gasteiger partial charge < -0.3 is 41.7 Å². The van der Waals surface area contributed by atoms with Crippen LogP contribution in [0.3, 0.4) is 0 Å². The van der Waals surface area contributed by atoms with E-state index in [9.17, 15) is 69.9 Å². The molecule has 0 saturated heterocycles. The van der Waals surface area contributed by atoms with Crippen molar-refractivity contribution in [3.8, 4) is 69.6 Å². The van der Waals surface area contributed by atoms with E-state index in [-0.39, 0.29) is 36.9 Å². The fourth-order valence-corrected chi connectivity index (χ4v) is 12.6. The highest BCUT2D eigenvalue weighted by atomic mass is 127. The van der Waals surface area contributed by atoms with E-state index in [1.807, 2.05) is 6.07 Å². The quantitative estimate of drug-likeness (QED) is 0.0238. The second-order valence-electron chi connectivity index (χ2n) is 26.5. The van der Waals surface area contributed by atoms with Gasteiger partial charge in [0.05, 0.1) is 34.6 Å². The van der Waals surface area contributed by atoms with Gasteiger partial charge in [-0.1, -0.05) is 146 Å². The fourth-order valence-electron chi connectivity index (χ4n) is 12.1. The van der Waals surface area contributed by atoms with Crippen LogP contribution >= 0.6 is 22.6 Å². The van der Waals surface area contributed by atoms with Crippen LogP contribution in [0.2, 0.25) is 0 Å². The van der Waals surface area contributed by atoms with E-state index in [0.29, 0.717) is 67.3 Å². The topological polar surface area (TPSA) is 340 Å². The van der Waals surface area contributed by atoms with Gasteiger partial charge in [-0.05, 0) is 158 Å². The minimum absolute atomic E-state index is 0.00577. The molecule has 2 aliphatic heterocycles. The molecule has 12 bridgehead atoms. The predicted molar refractivity (Wildman–Crippen MR) is 412 cm³/mol. The molecule has 6 aromatic carbocycles. The SMILES string of the molecule is C=C1CCC(OCc2ccccc2)(C(F)(F)F)c2nnc(o2)-c2nc(c(C)cc2[N+](=O)[O-])Oc2cccc1c2.C=CCCC(OCc1ccccc1)(c1nnc(-c2nc(Oc3cccc(I)c3)c(C)cc2[N+](=O)[O-])o1)C(F)(F)F.Cc1cc([N+](=O)[O-])c2nc1Oc1cccc(c1)/C=C/CCC(OCc1ccccc1)(C(F)(F)F)c1nnc-2o1. The van der Waals surface area contributed by atoms with Crippen molar-refractivity contribution in [1.82, 2.24) is 45.5 Å². The number of fused-ring (bicyclic) bond motifs is 14. The number of alkyl halides is 9. The number of pyridine rings is 3. The number of nitro groups is 3. The number of rotatable bonds is 19. The summed E-state index contributed by atoms with van der Waals surface area (Å²) in [5.74, 6) is -3.39. The van der Waals surface area contributed by atoms with Crippen LogP contribution in [0.1, 0.15) is 101 Å². The fraction of sp³-hybridized carbons (Fsp3) is 0.222. The van der Waals surface area contributed by atoms with Gasteiger partial charge in [-0.3, -0.25) is 30.3 Å². The lowest BCUT2D eigenvalue weighted by Gasteiger charge is -2.33. The van der Waals surface area contributed by atoms with Crippen LogP contribution in [0, 0.1) is 54.7 Å². The lowest BCUT2D eigenvalue weighted by molar-refractivity contribution is -0.384. The molecule has 0 N–H and O–H groups in total. The van der Waals surface area contributed by atoms with Crippen LogP contribution in [-0.4, -0.2) is 78.8 Å². The molecule has 0 saturated carbocycles. The van der Waals surface area contributed by atoms with Crippen molar-refractivity contribution in [3.63, 3.8) is 0 Å². The van der Waals surface area contributed by atoms with Gasteiger partial charge >= 0.3 is 35.6 Å². The summed E-state index contributed by atoms with van der Waals surface area (Å²) in [7, 11) is 0. The molecular formula is C81H64F9IN12O15. The number of halogens is 10. The molecule has 27 nitrogen and oxygen atoms in total. The standard InChI is InChI=1S/C27H22F3IN4O5.2C27H21F3N4O5/c1-3-4-13-26(27(28,29)30,38-16-18-9-6-5-7-10-18)25-34-33-24(40-25)22-21(35(36)37)14-17(2)23(32-22)39-20-12-8-11-19(31)15-20;1-16-11-12-26(27(28,29)30,37-15-18-7-4-3-5-8-18)25-33-32-24(39-25)22-21(34(35)36)13-17(2)23(31-22)38-20-10-6-9-19(16)14-20;1-17-14-21(34(35)36)22-24-32-33-25(39-24)26(27(28,29)30,37-16-19-9-3-2-4-10-19)13-6-5-8-18-11-7-12-20(15-18)38-23(17)31-22/h3,5-12,14-15H,1,4,13,16H2,2H3;3-10,13-14H,1,11-12,15H2,2H3;2-5,7-12,14-15H,6,13,16H2,1H3/b;;8-5+. The van der Waals surface area contributed by atoms with Crippen molar-refractivity contribution in [2.45, 2.75) is 114 Å². The van der Waals surface area contributed by atoms with E-state index in [0.717, 1.165) is 3.57 Å². The molecule has 0 radical (unpaired) electrons. The normalized spacial score (nSPS) is 16.1. The highest BCUT2D eigenvalue weighted by Gasteiger charge is 2.64. The summed E-state index contributed by atoms with van der Waals surface area (Å²) in [6, 6.07) is 48.9. The summed E-state index contributed by atoms with van der Waals surface area (Å²) < 4.78 is 185. The highest BCUT2D eigenvalue weighted by molar-refractivity contribution is 14.1. The van der Waals surface area contributed by atoms with Crippen molar-refractivity contribution in [2.24, 2.45) is 0 Å². The van der Waals surface area contributed by atoms with E-state index < -0.39 is 159 Å². The second kappa shape index (κ2) is 35.6. The van der Waals surface area contributed by atoms with Gasteiger partial charge in [0.25, 0.3) is 35.3 Å². The van der Waals surface area contributed by atoms with E-state index in [2.05, 4.69) is 81.3 Å². The van der Waals surface area contributed by atoms with E-state index in [1.54, 1.807) is 191 Å². The number of ether oxygens (including phenoxy) is 6. The Morgan fingerprint density at radius 1 is 0.534 bits per heavy atom. The first kappa shape index (κ1) is 84.4. The van der Waals surface area contributed by atoms with Gasteiger partial charge in [-0.25, -0.2) is 15.0 Å². The molecule has 608 valence electrons. The molecule has 118 heavy (non-hydrogen) atoms. The monoisotopic (exact) mass is 1740 g/mol. The average molecular weight is 1740 g/mol. The Kier molecular flexibility index (Phi) is 25.5. The van der Waals surface area contributed by atoms with E-state index >= 15 is 0 Å². The Labute approximate surface area is 676 Å². The Balaban J connectivity index is 0.000000163. The van der Waals surface area contributed by atoms with Gasteiger partial charge in [0.1, 0.15) is 17.2 Å². The maximum absolute atomic E-state index is 14.9. The molecule has 0 fully saturated rings. The maximum atomic E-state index is 14.9. The predicted octanol–water partition coefficient (Wildman–Crippen LogP) is 21.5. The minimum Gasteiger partial charge on any atom is -0.439 e. The molecule has 2 aliphatic rings. The number of benzene rings is 6. The molecule has 14 rings (SSSR count). The largest absolute Gasteiger partial charge is 0.439 e. The van der Waals surface area contributed by atoms with Crippen molar-refractivity contribution < 1.29 is 96.0 Å². The molecular weight excluding hydrogens is 1680 g/mol. The molecule has 0 spiro atoms. The summed E-state index contributed by atoms with van der Waals surface area (Å²) >= 11 is 2.09. The van der Waals surface area contributed by atoms with Crippen molar-refractivity contribution >= 4 is 51.3 Å². The first-order chi connectivity index (χ1) is 56.3. The number of aryl methyl sites for hydroxylation is 3. The second-order valence-corrected chi connectivity index (χ2v) is 27.7. The van der Waals surface area contributed by atoms with Crippen LogP contribution in [0.25, 0.3) is 46.4 Å². The van der Waals surface area contributed by atoms with Crippen molar-refractivity contribution in [1.29, 1.82) is 0 Å². The number of nitrogens with zero attached hydrogens (tertiary/aromatic N) is 12. The Morgan fingerprint density at radius 2 is 1.01 bits per heavy atom. The molecule has 3 unspecified atom stereocenters. The Hall–Kier alpha value is -13.0. The van der Waals surface area contributed by atoms with Gasteiger partial charge in [-0.15, -0.1) is 37.2 Å². The Morgan fingerprint density at radius 3 is 1.52 bits per heavy atom. The van der Waals surface area contributed by atoms with Crippen LogP contribution in [0.5, 0.6) is 34.9 Å². The zero-order valence-corrected chi connectivity index (χ0v) is 64.3. The molecule has 0 aliphatic carbocycles. The molecule has 0 amide bonds. The smallest absolute Gasteiger partial charge is 0.426 e. The summed E-state index contributed by atoms with van der Waals surface area (Å²) in [4.78, 5) is 45.9.